The number of ether oxygens (including phenoxy) is 1. The second-order valence-electron chi connectivity index (χ2n) is 7.80. The smallest absolute Gasteiger partial charge is 0.150 e. The Balaban J connectivity index is 1.48. The summed E-state index contributed by atoms with van der Waals surface area (Å²) in [5.74, 6) is 0.383. The molecule has 1 aliphatic carbocycles. The third-order valence-corrected chi connectivity index (χ3v) is 7.61. The van der Waals surface area contributed by atoms with E-state index >= 15 is 0 Å². The number of hydrogen-bond donors (Lipinski definition) is 2. The highest BCUT2D eigenvalue weighted by atomic mass is 32.2. The fraction of sp³-hybridized carbons (Fsp3) is 1.00. The number of halogens is 1. The van der Waals surface area contributed by atoms with Crippen LogP contribution in [0.25, 0.3) is 0 Å². The van der Waals surface area contributed by atoms with Crippen LogP contribution in [-0.4, -0.2) is 57.6 Å². The third kappa shape index (κ3) is 4.90. The largest absolute Gasteiger partial charge is 0.377 e. The van der Waals surface area contributed by atoms with Gasteiger partial charge in [0.2, 0.25) is 0 Å². The van der Waals surface area contributed by atoms with E-state index < -0.39 is 16.0 Å². The lowest BCUT2D eigenvalue weighted by Crippen LogP contribution is -2.57. The van der Waals surface area contributed by atoms with Crippen LogP contribution in [0.4, 0.5) is 4.39 Å². The molecule has 2 saturated heterocycles. The van der Waals surface area contributed by atoms with E-state index in [1.807, 2.05) is 0 Å². The maximum absolute atomic E-state index is 14.2. The highest BCUT2D eigenvalue weighted by Crippen LogP contribution is 2.34. The molecule has 3 aliphatic rings. The van der Waals surface area contributed by atoms with Gasteiger partial charge in [-0.3, -0.25) is 10.6 Å². The Morgan fingerprint density at radius 1 is 1.17 bits per heavy atom. The molecule has 0 radical (unpaired) electrons. The lowest BCUT2D eigenvalue weighted by atomic mass is 9.80. The molecule has 0 bridgehead atoms. The summed E-state index contributed by atoms with van der Waals surface area (Å²) in [5, 5.41) is 6.80. The van der Waals surface area contributed by atoms with Gasteiger partial charge in [0.1, 0.15) is 16.0 Å². The van der Waals surface area contributed by atoms with Crippen molar-refractivity contribution in [2.24, 2.45) is 5.92 Å². The highest BCUT2D eigenvalue weighted by molar-refractivity contribution is 7.91. The van der Waals surface area contributed by atoms with Gasteiger partial charge in [-0.2, -0.15) is 0 Å². The molecule has 4 atom stereocenters. The van der Waals surface area contributed by atoms with Gasteiger partial charge in [0.15, 0.2) is 0 Å². The Morgan fingerprint density at radius 2 is 1.92 bits per heavy atom. The summed E-state index contributed by atoms with van der Waals surface area (Å²) in [5.41, 5.74) is 0. The van der Waals surface area contributed by atoms with Gasteiger partial charge in [0, 0.05) is 31.9 Å². The van der Waals surface area contributed by atoms with Crippen molar-refractivity contribution in [3.63, 3.8) is 0 Å². The van der Waals surface area contributed by atoms with Crippen LogP contribution >= 0.6 is 0 Å². The number of alkyl halides is 1. The molecule has 0 amide bonds. The Kier molecular flexibility index (Phi) is 6.16. The molecule has 0 spiro atoms. The second kappa shape index (κ2) is 7.98. The normalized spacial score (nSPS) is 41.4. The minimum Gasteiger partial charge on any atom is -0.377 e. The monoisotopic (exact) mass is 362 g/mol. The summed E-state index contributed by atoms with van der Waals surface area (Å²) in [4.78, 5) is 0. The van der Waals surface area contributed by atoms with Gasteiger partial charge in [0.05, 0.1) is 17.5 Å². The fourth-order valence-electron chi connectivity index (χ4n) is 4.49. The fourth-order valence-corrected chi connectivity index (χ4v) is 5.62. The van der Waals surface area contributed by atoms with Crippen LogP contribution < -0.4 is 10.6 Å². The molecule has 2 aliphatic heterocycles. The summed E-state index contributed by atoms with van der Waals surface area (Å²) in [6.07, 6.45) is 7.23. The van der Waals surface area contributed by atoms with E-state index in [1.54, 1.807) is 0 Å². The van der Waals surface area contributed by atoms with Crippen LogP contribution in [0.1, 0.15) is 51.4 Å². The van der Waals surface area contributed by atoms with E-state index in [1.165, 1.54) is 6.26 Å². The van der Waals surface area contributed by atoms with Crippen molar-refractivity contribution in [3.05, 3.63) is 0 Å². The average molecular weight is 363 g/mol. The average Bonchev–Trinajstić information content (AvgIpc) is 3.05. The van der Waals surface area contributed by atoms with Gasteiger partial charge in [-0.15, -0.1) is 0 Å². The first-order valence-corrected chi connectivity index (χ1v) is 11.3. The Morgan fingerprint density at radius 3 is 2.54 bits per heavy atom. The lowest BCUT2D eigenvalue weighted by Gasteiger charge is -2.40. The number of nitrogens with one attached hydrogen (secondary N) is 2. The van der Waals surface area contributed by atoms with Crippen LogP contribution in [0.5, 0.6) is 0 Å². The van der Waals surface area contributed by atoms with Crippen molar-refractivity contribution in [3.8, 4) is 0 Å². The minimum absolute atomic E-state index is 0.00409. The molecule has 2 N–H and O–H groups in total. The van der Waals surface area contributed by atoms with Crippen molar-refractivity contribution in [2.45, 2.75) is 81.1 Å². The number of piperidine rings is 1. The van der Waals surface area contributed by atoms with Crippen molar-refractivity contribution >= 4 is 9.84 Å². The molecule has 0 aromatic carbocycles. The van der Waals surface area contributed by atoms with Crippen molar-refractivity contribution < 1.29 is 17.5 Å². The molecule has 5 nitrogen and oxygen atoms in total. The number of rotatable bonds is 5. The van der Waals surface area contributed by atoms with Crippen LogP contribution in [-0.2, 0) is 14.6 Å². The first kappa shape index (κ1) is 18.5. The van der Waals surface area contributed by atoms with Crippen molar-refractivity contribution in [1.82, 2.24) is 10.6 Å². The van der Waals surface area contributed by atoms with E-state index in [2.05, 4.69) is 10.6 Å². The number of sulfone groups is 1. The molecular formula is C17H31FN2O3S. The van der Waals surface area contributed by atoms with Crippen molar-refractivity contribution in [2.75, 3.05) is 19.4 Å². The molecule has 140 valence electrons. The summed E-state index contributed by atoms with van der Waals surface area (Å²) in [7, 11) is -2.94. The van der Waals surface area contributed by atoms with Gasteiger partial charge < -0.3 is 4.74 Å². The lowest BCUT2D eigenvalue weighted by molar-refractivity contribution is 0.0871. The Bertz CT molecular complexity index is 502. The predicted molar refractivity (Wildman–Crippen MR) is 92.4 cm³/mol. The molecule has 24 heavy (non-hydrogen) atoms. The molecule has 4 unspecified atom stereocenters. The molecule has 0 aromatic rings. The molecular weight excluding hydrogens is 331 g/mol. The van der Waals surface area contributed by atoms with Gasteiger partial charge in [-0.1, -0.05) is 0 Å². The van der Waals surface area contributed by atoms with Crippen LogP contribution in [0, 0.1) is 5.92 Å². The van der Waals surface area contributed by atoms with Gasteiger partial charge in [-0.25, -0.2) is 12.8 Å². The van der Waals surface area contributed by atoms with E-state index in [-0.39, 0.29) is 23.6 Å². The first-order chi connectivity index (χ1) is 11.4. The van der Waals surface area contributed by atoms with Gasteiger partial charge >= 0.3 is 0 Å². The van der Waals surface area contributed by atoms with E-state index in [0.717, 1.165) is 38.8 Å². The molecule has 2 heterocycles. The Hall–Kier alpha value is -0.240. The van der Waals surface area contributed by atoms with Gasteiger partial charge in [0.25, 0.3) is 0 Å². The molecule has 1 saturated carbocycles. The zero-order valence-electron chi connectivity index (χ0n) is 14.5. The molecule has 7 heteroatoms. The first-order valence-electron chi connectivity index (χ1n) is 9.36. The Labute approximate surface area is 145 Å². The zero-order valence-corrected chi connectivity index (χ0v) is 15.4. The van der Waals surface area contributed by atoms with Crippen LogP contribution in [0.2, 0.25) is 0 Å². The SMILES string of the molecule is CS(=O)(=O)C1CCC(C2CC(F)CC(NCC3CCCO3)N2)CC1. The highest BCUT2D eigenvalue weighted by Gasteiger charge is 2.36. The standard InChI is InChI=1S/C17H31FN2O3S/c1-24(21,22)15-6-4-12(5-7-15)16-9-13(18)10-17(20-16)19-11-14-3-2-8-23-14/h12-17,19-20H,2-11H2,1H3. The minimum atomic E-state index is -2.94. The topological polar surface area (TPSA) is 67.4 Å². The van der Waals surface area contributed by atoms with Crippen LogP contribution in [0.15, 0.2) is 0 Å². The molecule has 0 aromatic heterocycles. The quantitative estimate of drug-likeness (QED) is 0.780. The van der Waals surface area contributed by atoms with E-state index in [4.69, 9.17) is 4.74 Å². The molecule has 3 fully saturated rings. The van der Waals surface area contributed by atoms with E-state index in [0.29, 0.717) is 31.6 Å². The van der Waals surface area contributed by atoms with E-state index in [9.17, 15) is 12.8 Å². The summed E-state index contributed by atoms with van der Waals surface area (Å²) in [6.45, 7) is 1.61. The molecule has 3 rings (SSSR count). The predicted octanol–water partition coefficient (Wildman–Crippen LogP) is 1.77. The third-order valence-electron chi connectivity index (χ3n) is 5.93. The summed E-state index contributed by atoms with van der Waals surface area (Å²) >= 11 is 0. The summed E-state index contributed by atoms with van der Waals surface area (Å²) < 4.78 is 43.2. The maximum atomic E-state index is 14.2. The number of hydrogen-bond acceptors (Lipinski definition) is 5. The van der Waals surface area contributed by atoms with Gasteiger partial charge in [-0.05, 0) is 50.9 Å². The van der Waals surface area contributed by atoms with Crippen LogP contribution in [0.3, 0.4) is 0 Å². The zero-order chi connectivity index (χ0) is 17.2. The maximum Gasteiger partial charge on any atom is 0.150 e. The summed E-state index contributed by atoms with van der Waals surface area (Å²) in [6, 6.07) is 0.149. The van der Waals surface area contributed by atoms with Crippen molar-refractivity contribution in [1.29, 1.82) is 0 Å². The second-order valence-corrected chi connectivity index (χ2v) is 10.1.